The van der Waals surface area contributed by atoms with Gasteiger partial charge in [0.05, 0.1) is 9.82 Å². The van der Waals surface area contributed by atoms with Gasteiger partial charge in [-0.1, -0.05) is 0 Å². The number of fused-ring (bicyclic) bond motifs is 1. The molecule has 0 amide bonds. The van der Waals surface area contributed by atoms with Crippen molar-refractivity contribution in [1.82, 2.24) is 19.9 Å². The summed E-state index contributed by atoms with van der Waals surface area (Å²) in [7, 11) is -4.11. The number of H-pyrrole nitrogens is 1. The van der Waals surface area contributed by atoms with Crippen molar-refractivity contribution in [3.05, 3.63) is 40.5 Å². The number of rotatable bonds is 3. The monoisotopic (exact) mass is 338 g/mol. The molecule has 0 aliphatic carbocycles. The van der Waals surface area contributed by atoms with Gasteiger partial charge < -0.3 is 10.7 Å². The highest BCUT2D eigenvalue weighted by molar-refractivity contribution is 7.91. The number of nitro groups is 1. The molecule has 0 fully saturated rings. The van der Waals surface area contributed by atoms with Crippen molar-refractivity contribution >= 4 is 32.5 Å². The Morgan fingerprint density at radius 3 is 2.43 bits per heavy atom. The quantitative estimate of drug-likeness (QED) is 0.403. The molecule has 0 unspecified atom stereocenters. The van der Waals surface area contributed by atoms with E-state index < -0.39 is 26.0 Å². The molecule has 118 valence electrons. The highest BCUT2D eigenvalue weighted by Gasteiger charge is 2.24. The van der Waals surface area contributed by atoms with E-state index in [-0.39, 0.29) is 27.6 Å². The summed E-state index contributed by atoms with van der Waals surface area (Å²) in [6.07, 6.45) is -1.14. The summed E-state index contributed by atoms with van der Waals surface area (Å²) in [6, 6.07) is 4.22. The number of nitrogen functional groups attached to an aromatic ring is 1. The van der Waals surface area contributed by atoms with Crippen LogP contribution in [0.3, 0.4) is 0 Å². The molecule has 23 heavy (non-hydrogen) atoms. The van der Waals surface area contributed by atoms with Gasteiger partial charge in [0, 0.05) is 12.1 Å². The summed E-state index contributed by atoms with van der Waals surface area (Å²) in [5.74, 6) is -0.287. The van der Waals surface area contributed by atoms with Crippen LogP contribution in [0.25, 0.3) is 11.2 Å². The second-order valence-corrected chi connectivity index (χ2v) is 6.24. The third-order valence-corrected chi connectivity index (χ3v) is 4.54. The molecule has 2 aromatic heterocycles. The first-order valence-corrected chi connectivity index (χ1v) is 7.45. The lowest BCUT2D eigenvalue weighted by atomic mass is 10.3. The minimum absolute atomic E-state index is 0.0214. The fourth-order valence-electron chi connectivity index (χ4n) is 1.86. The fourth-order valence-corrected chi connectivity index (χ4v) is 3.02. The number of aromatic nitrogens is 4. The van der Waals surface area contributed by atoms with Crippen molar-refractivity contribution < 1.29 is 17.7 Å². The van der Waals surface area contributed by atoms with E-state index in [4.69, 9.17) is 5.73 Å². The summed E-state index contributed by atoms with van der Waals surface area (Å²) >= 11 is 0. The normalized spacial score (nSPS) is 11.7. The summed E-state index contributed by atoms with van der Waals surface area (Å²) < 4.78 is 37.9. The van der Waals surface area contributed by atoms with Crippen molar-refractivity contribution in [3.8, 4) is 0 Å². The van der Waals surface area contributed by atoms with Crippen LogP contribution in [0.2, 0.25) is 0 Å². The smallest absolute Gasteiger partial charge is 0.312 e. The third kappa shape index (κ3) is 2.44. The van der Waals surface area contributed by atoms with E-state index in [0.717, 1.165) is 24.3 Å². The number of nitrogens with two attached hydrogens (primary N) is 1. The minimum atomic E-state index is -4.11. The van der Waals surface area contributed by atoms with Crippen molar-refractivity contribution in [1.29, 1.82) is 0 Å². The highest BCUT2D eigenvalue weighted by atomic mass is 32.2. The van der Waals surface area contributed by atoms with Crippen LogP contribution in [-0.2, 0) is 9.84 Å². The number of anilines is 1. The lowest BCUT2D eigenvalue weighted by molar-refractivity contribution is -0.384. The number of sulfone groups is 1. The molecule has 12 heteroatoms. The molecular formula is C11H7FN6O4S. The molecule has 3 rings (SSSR count). The number of hydrogen-bond donors (Lipinski definition) is 2. The number of benzene rings is 1. The standard InChI is InChI=1S/C11H7FN6O4S/c12-10-15-8(13)7-9(16-10)17-11(14-7)23(21,22)6-3-1-5(2-4-6)18(19)20/h1-4H,(H3,13,14,15,16,17). The van der Waals surface area contributed by atoms with Gasteiger partial charge in [-0.3, -0.25) is 10.1 Å². The fraction of sp³-hybridized carbons (Fsp3) is 0. The zero-order chi connectivity index (χ0) is 16.8. The Hall–Kier alpha value is -3.15. The molecular weight excluding hydrogens is 331 g/mol. The summed E-state index contributed by atoms with van der Waals surface area (Å²) in [6.45, 7) is 0. The molecule has 3 N–H and O–H groups in total. The SMILES string of the molecule is Nc1nc(F)nc2nc(S(=O)(=O)c3ccc([N+](=O)[O-])cc3)[nH]c12. The van der Waals surface area contributed by atoms with Crippen LogP contribution in [0, 0.1) is 16.2 Å². The topological polar surface area (TPSA) is 158 Å². The average molecular weight is 338 g/mol. The second-order valence-electron chi connectivity index (χ2n) is 4.37. The molecule has 10 nitrogen and oxygen atoms in total. The van der Waals surface area contributed by atoms with E-state index in [1.165, 1.54) is 0 Å². The van der Waals surface area contributed by atoms with Gasteiger partial charge in [-0.15, -0.1) is 0 Å². The van der Waals surface area contributed by atoms with Crippen LogP contribution in [-0.4, -0.2) is 33.3 Å². The molecule has 0 aliphatic rings. The number of hydrogen-bond acceptors (Lipinski definition) is 8. The van der Waals surface area contributed by atoms with Crippen molar-refractivity contribution in [2.45, 2.75) is 10.1 Å². The van der Waals surface area contributed by atoms with E-state index in [1.807, 2.05) is 0 Å². The second kappa shape index (κ2) is 4.95. The molecule has 0 aliphatic heterocycles. The number of imidazole rings is 1. The Kier molecular flexibility index (Phi) is 3.18. The predicted octanol–water partition coefficient (Wildman–Crippen LogP) is 0.815. The van der Waals surface area contributed by atoms with E-state index in [2.05, 4.69) is 19.9 Å². The van der Waals surface area contributed by atoms with Crippen LogP contribution in [0.4, 0.5) is 15.9 Å². The molecule has 2 heterocycles. The summed E-state index contributed by atoms with van der Waals surface area (Å²) in [4.78, 5) is 22.4. The highest BCUT2D eigenvalue weighted by Crippen LogP contribution is 2.24. The van der Waals surface area contributed by atoms with Gasteiger partial charge in [-0.2, -0.15) is 19.3 Å². The molecule has 1 aromatic carbocycles. The van der Waals surface area contributed by atoms with Gasteiger partial charge in [0.1, 0.15) is 5.52 Å². The zero-order valence-corrected chi connectivity index (χ0v) is 11.9. The van der Waals surface area contributed by atoms with Crippen molar-refractivity contribution in [3.63, 3.8) is 0 Å². The van der Waals surface area contributed by atoms with Gasteiger partial charge in [-0.05, 0) is 12.1 Å². The number of nitro benzene ring substituents is 1. The number of aromatic amines is 1. The maximum Gasteiger partial charge on any atom is 0.312 e. The Balaban J connectivity index is 2.12. The first-order valence-electron chi connectivity index (χ1n) is 5.97. The number of halogens is 1. The molecule has 0 bridgehead atoms. The Bertz CT molecular complexity index is 1030. The minimum Gasteiger partial charge on any atom is -0.382 e. The van der Waals surface area contributed by atoms with Crippen molar-refractivity contribution in [2.75, 3.05) is 5.73 Å². The van der Waals surface area contributed by atoms with E-state index in [9.17, 15) is 22.9 Å². The van der Waals surface area contributed by atoms with E-state index in [1.54, 1.807) is 0 Å². The Morgan fingerprint density at radius 1 is 1.17 bits per heavy atom. The average Bonchev–Trinajstić information content (AvgIpc) is 2.92. The van der Waals surface area contributed by atoms with Crippen LogP contribution in [0.15, 0.2) is 34.3 Å². The maximum absolute atomic E-state index is 13.1. The van der Waals surface area contributed by atoms with Crippen LogP contribution >= 0.6 is 0 Å². The first-order chi connectivity index (χ1) is 10.8. The molecule has 0 radical (unpaired) electrons. The lowest BCUT2D eigenvalue weighted by Gasteiger charge is -2.00. The van der Waals surface area contributed by atoms with Gasteiger partial charge in [-0.25, -0.2) is 8.42 Å². The van der Waals surface area contributed by atoms with Gasteiger partial charge in [0.25, 0.3) is 5.69 Å². The predicted molar refractivity (Wildman–Crippen MR) is 74.6 cm³/mol. The molecule has 0 saturated carbocycles. The van der Waals surface area contributed by atoms with Gasteiger partial charge in [0.15, 0.2) is 11.5 Å². The molecule has 0 atom stereocenters. The van der Waals surface area contributed by atoms with Crippen LogP contribution in [0.1, 0.15) is 0 Å². The van der Waals surface area contributed by atoms with E-state index >= 15 is 0 Å². The zero-order valence-electron chi connectivity index (χ0n) is 11.1. The molecule has 0 spiro atoms. The largest absolute Gasteiger partial charge is 0.382 e. The number of nitrogens with one attached hydrogen (secondary N) is 1. The number of nitrogens with zero attached hydrogens (tertiary/aromatic N) is 4. The third-order valence-electron chi connectivity index (χ3n) is 2.94. The van der Waals surface area contributed by atoms with Gasteiger partial charge in [0.2, 0.25) is 15.0 Å². The van der Waals surface area contributed by atoms with Crippen molar-refractivity contribution in [2.24, 2.45) is 0 Å². The molecule has 3 aromatic rings. The summed E-state index contributed by atoms with van der Waals surface area (Å²) in [5.41, 5.74) is 4.95. The van der Waals surface area contributed by atoms with Crippen LogP contribution in [0.5, 0.6) is 0 Å². The molecule has 0 saturated heterocycles. The Morgan fingerprint density at radius 2 is 1.83 bits per heavy atom. The summed E-state index contributed by atoms with van der Waals surface area (Å²) in [5, 5.41) is 10.1. The van der Waals surface area contributed by atoms with E-state index in [0.29, 0.717) is 0 Å². The maximum atomic E-state index is 13.1. The van der Waals surface area contributed by atoms with Crippen LogP contribution < -0.4 is 5.73 Å². The Labute approximate surface area is 127 Å². The van der Waals surface area contributed by atoms with Gasteiger partial charge >= 0.3 is 6.08 Å². The number of non-ortho nitro benzene ring substituents is 1. The lowest BCUT2D eigenvalue weighted by Crippen LogP contribution is -2.04. The first kappa shape index (κ1) is 14.8.